The molecule has 104 valence electrons. The van der Waals surface area contributed by atoms with Crippen molar-refractivity contribution in [2.45, 2.75) is 23.7 Å². The van der Waals surface area contributed by atoms with Crippen molar-refractivity contribution in [1.29, 1.82) is 0 Å². The van der Waals surface area contributed by atoms with Crippen molar-refractivity contribution in [3.05, 3.63) is 48.0 Å². The molecular formula is C16H15Cl2NO. The molecule has 0 spiro atoms. The van der Waals surface area contributed by atoms with Crippen LogP contribution in [0.3, 0.4) is 0 Å². The summed E-state index contributed by atoms with van der Waals surface area (Å²) in [5, 5.41) is 5.32. The molecule has 1 aliphatic carbocycles. The Labute approximate surface area is 128 Å². The van der Waals surface area contributed by atoms with E-state index in [1.807, 2.05) is 31.2 Å². The topological polar surface area (TPSA) is 29.1 Å². The lowest BCUT2D eigenvalue weighted by Gasteiger charge is -2.16. The van der Waals surface area contributed by atoms with Crippen LogP contribution in [0.1, 0.15) is 24.9 Å². The van der Waals surface area contributed by atoms with Crippen LogP contribution in [0.5, 0.6) is 0 Å². The van der Waals surface area contributed by atoms with Crippen LogP contribution in [0.2, 0.25) is 0 Å². The highest BCUT2D eigenvalue weighted by Crippen LogP contribution is 2.53. The number of halogens is 2. The summed E-state index contributed by atoms with van der Waals surface area (Å²) in [5.74, 6) is -0.362. The summed E-state index contributed by atoms with van der Waals surface area (Å²) in [6.07, 6.45) is 0.532. The van der Waals surface area contributed by atoms with Crippen LogP contribution in [-0.4, -0.2) is 10.2 Å². The number of rotatable bonds is 3. The lowest BCUT2D eigenvalue weighted by molar-refractivity contribution is -0.122. The van der Waals surface area contributed by atoms with Crippen molar-refractivity contribution in [2.24, 2.45) is 5.92 Å². The molecule has 2 nitrogen and oxygen atoms in total. The Kier molecular flexibility index (Phi) is 3.39. The molecular weight excluding hydrogens is 293 g/mol. The van der Waals surface area contributed by atoms with E-state index in [2.05, 4.69) is 23.5 Å². The molecule has 2 unspecified atom stereocenters. The van der Waals surface area contributed by atoms with Gasteiger partial charge in [0.15, 0.2) is 0 Å². The van der Waals surface area contributed by atoms with Crippen molar-refractivity contribution >= 4 is 39.9 Å². The van der Waals surface area contributed by atoms with E-state index in [1.165, 1.54) is 5.39 Å². The molecule has 0 saturated heterocycles. The third-order valence-corrected chi connectivity index (χ3v) is 4.63. The van der Waals surface area contributed by atoms with Crippen LogP contribution in [0.15, 0.2) is 42.5 Å². The van der Waals surface area contributed by atoms with Gasteiger partial charge in [-0.2, -0.15) is 0 Å². The van der Waals surface area contributed by atoms with E-state index < -0.39 is 4.33 Å². The van der Waals surface area contributed by atoms with Crippen molar-refractivity contribution in [3.63, 3.8) is 0 Å². The van der Waals surface area contributed by atoms with Crippen molar-refractivity contribution < 1.29 is 4.79 Å². The van der Waals surface area contributed by atoms with Gasteiger partial charge in [-0.1, -0.05) is 42.5 Å². The zero-order valence-corrected chi connectivity index (χ0v) is 12.6. The zero-order chi connectivity index (χ0) is 14.3. The summed E-state index contributed by atoms with van der Waals surface area (Å²) < 4.78 is -0.872. The second-order valence-corrected chi connectivity index (χ2v) is 6.86. The second-order valence-electron chi connectivity index (χ2n) is 5.32. The number of carbonyl (C=O) groups excluding carboxylic acids is 1. The molecule has 1 saturated carbocycles. The Morgan fingerprint density at radius 1 is 1.25 bits per heavy atom. The number of fused-ring (bicyclic) bond motifs is 1. The van der Waals surface area contributed by atoms with Gasteiger partial charge in [0.1, 0.15) is 4.33 Å². The minimum atomic E-state index is -0.872. The minimum Gasteiger partial charge on any atom is -0.349 e. The normalized spacial score (nSPS) is 21.4. The van der Waals surface area contributed by atoms with Crippen LogP contribution in [0.25, 0.3) is 10.8 Å². The smallest absolute Gasteiger partial charge is 0.226 e. The first-order valence-corrected chi connectivity index (χ1v) is 7.40. The molecule has 0 heterocycles. The molecule has 2 atom stereocenters. The SMILES string of the molecule is CC(NC(=O)C1CC1(Cl)Cl)c1cccc2ccccc12. The monoisotopic (exact) mass is 307 g/mol. The Morgan fingerprint density at radius 2 is 1.90 bits per heavy atom. The Bertz CT molecular complexity index is 663. The molecule has 2 aromatic rings. The van der Waals surface area contributed by atoms with Crippen LogP contribution >= 0.6 is 23.2 Å². The number of hydrogen-bond donors (Lipinski definition) is 1. The maximum absolute atomic E-state index is 12.1. The van der Waals surface area contributed by atoms with Crippen molar-refractivity contribution in [1.82, 2.24) is 5.32 Å². The fourth-order valence-corrected chi connectivity index (χ4v) is 3.02. The van der Waals surface area contributed by atoms with Gasteiger partial charge < -0.3 is 5.32 Å². The number of alkyl halides is 2. The second kappa shape index (κ2) is 4.94. The average Bonchev–Trinajstić information content (AvgIpc) is 3.07. The first kappa shape index (κ1) is 13.7. The summed E-state index contributed by atoms with van der Waals surface area (Å²) in [5.41, 5.74) is 1.10. The Balaban J connectivity index is 1.82. The number of benzene rings is 2. The average molecular weight is 308 g/mol. The van der Waals surface area contributed by atoms with Gasteiger partial charge in [0.05, 0.1) is 12.0 Å². The molecule has 2 aromatic carbocycles. The van der Waals surface area contributed by atoms with E-state index in [0.29, 0.717) is 6.42 Å². The van der Waals surface area contributed by atoms with E-state index in [-0.39, 0.29) is 17.9 Å². The van der Waals surface area contributed by atoms with E-state index in [1.54, 1.807) is 0 Å². The fraction of sp³-hybridized carbons (Fsp3) is 0.312. The molecule has 0 aliphatic heterocycles. The third-order valence-electron chi connectivity index (χ3n) is 3.79. The summed E-state index contributed by atoms with van der Waals surface area (Å²) >= 11 is 11.9. The quantitative estimate of drug-likeness (QED) is 0.846. The molecule has 3 rings (SSSR count). The van der Waals surface area contributed by atoms with Crippen LogP contribution in [0.4, 0.5) is 0 Å². The number of nitrogens with one attached hydrogen (secondary N) is 1. The van der Waals surface area contributed by atoms with E-state index in [4.69, 9.17) is 23.2 Å². The van der Waals surface area contributed by atoms with E-state index in [9.17, 15) is 4.79 Å². The molecule has 0 radical (unpaired) electrons. The number of hydrogen-bond acceptors (Lipinski definition) is 1. The Hall–Kier alpha value is -1.25. The lowest BCUT2D eigenvalue weighted by atomic mass is 9.99. The van der Waals surface area contributed by atoms with Crippen LogP contribution in [0, 0.1) is 5.92 Å². The first-order valence-electron chi connectivity index (χ1n) is 6.65. The van der Waals surface area contributed by atoms with Crippen molar-refractivity contribution in [3.8, 4) is 0 Å². The van der Waals surface area contributed by atoms with Gasteiger partial charge in [-0.25, -0.2) is 0 Å². The highest BCUT2D eigenvalue weighted by molar-refractivity contribution is 6.52. The highest BCUT2D eigenvalue weighted by Gasteiger charge is 2.56. The van der Waals surface area contributed by atoms with Crippen LogP contribution in [-0.2, 0) is 4.79 Å². The molecule has 1 amide bonds. The van der Waals surface area contributed by atoms with Gasteiger partial charge in [-0.3, -0.25) is 4.79 Å². The van der Waals surface area contributed by atoms with Gasteiger partial charge in [0, 0.05) is 0 Å². The summed E-state index contributed by atoms with van der Waals surface area (Å²) in [6.45, 7) is 1.98. The van der Waals surface area contributed by atoms with Gasteiger partial charge in [-0.15, -0.1) is 23.2 Å². The molecule has 0 bridgehead atoms. The van der Waals surface area contributed by atoms with Crippen LogP contribution < -0.4 is 5.32 Å². The maximum atomic E-state index is 12.1. The predicted octanol–water partition coefficient (Wildman–Crippen LogP) is 4.21. The van der Waals surface area contributed by atoms with Crippen molar-refractivity contribution in [2.75, 3.05) is 0 Å². The standard InChI is InChI=1S/C16H15Cl2NO/c1-10(19-15(20)14-9-16(14,17)18)12-8-4-6-11-5-2-3-7-13(11)12/h2-8,10,14H,9H2,1H3,(H,19,20). The summed E-state index contributed by atoms with van der Waals surface area (Å²) in [7, 11) is 0. The molecule has 0 aromatic heterocycles. The maximum Gasteiger partial charge on any atom is 0.226 e. The Morgan fingerprint density at radius 3 is 2.60 bits per heavy atom. The third kappa shape index (κ3) is 2.50. The molecule has 1 aliphatic rings. The summed E-state index contributed by atoms with van der Waals surface area (Å²) in [6, 6.07) is 14.2. The molecule has 20 heavy (non-hydrogen) atoms. The highest BCUT2D eigenvalue weighted by atomic mass is 35.5. The first-order chi connectivity index (χ1) is 9.49. The predicted molar refractivity (Wildman–Crippen MR) is 83.0 cm³/mol. The van der Waals surface area contributed by atoms with Gasteiger partial charge in [0.2, 0.25) is 5.91 Å². The van der Waals surface area contributed by atoms with E-state index in [0.717, 1.165) is 10.9 Å². The van der Waals surface area contributed by atoms with Gasteiger partial charge in [0.25, 0.3) is 0 Å². The molecule has 1 fully saturated rings. The van der Waals surface area contributed by atoms with Gasteiger partial charge >= 0.3 is 0 Å². The molecule has 4 heteroatoms. The minimum absolute atomic E-state index is 0.0710. The van der Waals surface area contributed by atoms with Gasteiger partial charge in [-0.05, 0) is 29.7 Å². The number of carbonyl (C=O) groups is 1. The summed E-state index contributed by atoms with van der Waals surface area (Å²) in [4.78, 5) is 12.1. The largest absolute Gasteiger partial charge is 0.349 e. The lowest BCUT2D eigenvalue weighted by Crippen LogP contribution is -2.29. The fourth-order valence-electron chi connectivity index (χ4n) is 2.52. The molecule has 1 N–H and O–H groups in total. The zero-order valence-electron chi connectivity index (χ0n) is 11.1. The van der Waals surface area contributed by atoms with E-state index >= 15 is 0 Å². The number of amides is 1.